The van der Waals surface area contributed by atoms with Gasteiger partial charge in [-0.05, 0) is 19.1 Å². The monoisotopic (exact) mass is 239 g/mol. The van der Waals surface area contributed by atoms with Gasteiger partial charge in [-0.2, -0.15) is 8.78 Å². The molecule has 90 valence electrons. The van der Waals surface area contributed by atoms with Crippen molar-refractivity contribution in [3.05, 3.63) is 40.2 Å². The van der Waals surface area contributed by atoms with E-state index in [4.69, 9.17) is 0 Å². The van der Waals surface area contributed by atoms with E-state index < -0.39 is 6.61 Å². The zero-order valence-electron chi connectivity index (χ0n) is 9.41. The first-order valence-electron chi connectivity index (χ1n) is 5.04. The summed E-state index contributed by atoms with van der Waals surface area (Å²) in [5.41, 5.74) is 1.09. The molecule has 1 aromatic carbocycles. The fourth-order valence-electron chi connectivity index (χ4n) is 1.80. The van der Waals surface area contributed by atoms with Crippen LogP contribution in [0.15, 0.2) is 29.2 Å². The summed E-state index contributed by atoms with van der Waals surface area (Å²) in [4.78, 5) is 11.8. The summed E-state index contributed by atoms with van der Waals surface area (Å²) in [7, 11) is 1.75. The molecule has 0 fully saturated rings. The van der Waals surface area contributed by atoms with Crippen molar-refractivity contribution in [2.24, 2.45) is 7.05 Å². The molecule has 0 aliphatic rings. The third kappa shape index (κ3) is 2.13. The van der Waals surface area contributed by atoms with Crippen molar-refractivity contribution in [2.75, 3.05) is 0 Å². The number of fused-ring (bicyclic) bond motifs is 1. The highest BCUT2D eigenvalue weighted by Crippen LogP contribution is 2.20. The third-order valence-electron chi connectivity index (χ3n) is 2.56. The fraction of sp³-hybridized carbons (Fsp3) is 0.250. The molecule has 5 heteroatoms. The maximum absolute atomic E-state index is 12.1. The molecule has 1 heterocycles. The lowest BCUT2D eigenvalue weighted by atomic mass is 10.1. The van der Waals surface area contributed by atoms with Gasteiger partial charge in [-0.3, -0.25) is 4.79 Å². The van der Waals surface area contributed by atoms with E-state index in [0.29, 0.717) is 16.5 Å². The van der Waals surface area contributed by atoms with E-state index in [2.05, 4.69) is 4.74 Å². The second-order valence-electron chi connectivity index (χ2n) is 3.81. The molecule has 0 aliphatic heterocycles. The summed E-state index contributed by atoms with van der Waals surface area (Å²) in [6.07, 6.45) is 1.66. The standard InChI is InChI=1S/C12H11F2NO2/c1-7-6-15(2)10-5-8(17-12(13)14)3-4-9(10)11(7)16/h3-6,12H,1-2H3. The first-order valence-corrected chi connectivity index (χ1v) is 5.04. The van der Waals surface area contributed by atoms with Crippen LogP contribution in [0.4, 0.5) is 8.78 Å². The first-order chi connectivity index (χ1) is 7.99. The summed E-state index contributed by atoms with van der Waals surface area (Å²) < 4.78 is 30.2. The molecular formula is C12H11F2NO2. The summed E-state index contributed by atoms with van der Waals surface area (Å²) in [5.74, 6) is 0.0475. The van der Waals surface area contributed by atoms with Gasteiger partial charge in [0.15, 0.2) is 5.43 Å². The number of ether oxygens (including phenoxy) is 1. The molecule has 0 atom stereocenters. The molecule has 3 nitrogen and oxygen atoms in total. The van der Waals surface area contributed by atoms with Crippen molar-refractivity contribution < 1.29 is 13.5 Å². The molecule has 1 aromatic heterocycles. The van der Waals surface area contributed by atoms with Crippen LogP contribution in [0.25, 0.3) is 10.9 Å². The zero-order chi connectivity index (χ0) is 12.6. The van der Waals surface area contributed by atoms with Gasteiger partial charge < -0.3 is 9.30 Å². The summed E-state index contributed by atoms with van der Waals surface area (Å²) in [6, 6.07) is 4.31. The predicted molar refractivity (Wildman–Crippen MR) is 60.6 cm³/mol. The summed E-state index contributed by atoms with van der Waals surface area (Å²) in [6.45, 7) is -1.15. The smallest absolute Gasteiger partial charge is 0.387 e. The second kappa shape index (κ2) is 4.16. The minimum absolute atomic E-state index is 0.0475. The van der Waals surface area contributed by atoms with Gasteiger partial charge in [-0.25, -0.2) is 0 Å². The molecule has 0 spiro atoms. The van der Waals surface area contributed by atoms with E-state index in [1.54, 1.807) is 24.7 Å². The molecule has 0 amide bonds. The lowest BCUT2D eigenvalue weighted by molar-refractivity contribution is -0.0497. The Labute approximate surface area is 96.2 Å². The molecule has 0 N–H and O–H groups in total. The number of halogens is 2. The summed E-state index contributed by atoms with van der Waals surface area (Å²) in [5, 5.41) is 0.495. The normalized spacial score (nSPS) is 11.1. The van der Waals surface area contributed by atoms with Crippen LogP contribution in [0, 0.1) is 6.92 Å². The molecule has 0 radical (unpaired) electrons. The van der Waals surface area contributed by atoms with Crippen LogP contribution in [0.1, 0.15) is 5.56 Å². The number of aryl methyl sites for hydroxylation is 2. The second-order valence-corrected chi connectivity index (χ2v) is 3.81. The average Bonchev–Trinajstić information content (AvgIpc) is 2.25. The Morgan fingerprint density at radius 3 is 2.71 bits per heavy atom. The number of aromatic nitrogens is 1. The number of hydrogen-bond acceptors (Lipinski definition) is 2. The largest absolute Gasteiger partial charge is 0.435 e. The molecule has 2 aromatic rings. The molecule has 0 bridgehead atoms. The van der Waals surface area contributed by atoms with E-state index in [1.807, 2.05) is 0 Å². The van der Waals surface area contributed by atoms with Crippen molar-refractivity contribution in [3.63, 3.8) is 0 Å². The number of alkyl halides is 2. The van der Waals surface area contributed by atoms with Crippen molar-refractivity contribution in [2.45, 2.75) is 13.5 Å². The first kappa shape index (κ1) is 11.6. The van der Waals surface area contributed by atoms with Crippen molar-refractivity contribution in [1.29, 1.82) is 0 Å². The molecule has 0 saturated heterocycles. The Kier molecular flexibility index (Phi) is 2.83. The van der Waals surface area contributed by atoms with Crippen molar-refractivity contribution in [3.8, 4) is 5.75 Å². The fourth-order valence-corrected chi connectivity index (χ4v) is 1.80. The lowest BCUT2D eigenvalue weighted by Crippen LogP contribution is -2.10. The Bertz CT molecular complexity index is 620. The highest BCUT2D eigenvalue weighted by molar-refractivity contribution is 5.81. The molecule has 0 unspecified atom stereocenters. The average molecular weight is 239 g/mol. The molecule has 0 aliphatic carbocycles. The Morgan fingerprint density at radius 2 is 2.06 bits per heavy atom. The van der Waals surface area contributed by atoms with Crippen LogP contribution in [0.3, 0.4) is 0 Å². The minimum Gasteiger partial charge on any atom is -0.435 e. The van der Waals surface area contributed by atoms with Gasteiger partial charge in [-0.15, -0.1) is 0 Å². The Balaban J connectivity index is 2.66. The lowest BCUT2D eigenvalue weighted by Gasteiger charge is -2.09. The maximum Gasteiger partial charge on any atom is 0.387 e. The van der Waals surface area contributed by atoms with E-state index in [9.17, 15) is 13.6 Å². The zero-order valence-corrected chi connectivity index (χ0v) is 9.41. The van der Waals surface area contributed by atoms with Gasteiger partial charge in [0.1, 0.15) is 5.75 Å². The van der Waals surface area contributed by atoms with Crippen LogP contribution in [0.5, 0.6) is 5.75 Å². The highest BCUT2D eigenvalue weighted by Gasteiger charge is 2.08. The maximum atomic E-state index is 12.1. The molecule has 0 saturated carbocycles. The molecule has 17 heavy (non-hydrogen) atoms. The van der Waals surface area contributed by atoms with Gasteiger partial charge in [0.25, 0.3) is 0 Å². The number of hydrogen-bond donors (Lipinski definition) is 0. The van der Waals surface area contributed by atoms with E-state index in [0.717, 1.165) is 0 Å². The van der Waals surface area contributed by atoms with E-state index >= 15 is 0 Å². The number of nitrogens with zero attached hydrogens (tertiary/aromatic N) is 1. The van der Waals surface area contributed by atoms with Crippen molar-refractivity contribution in [1.82, 2.24) is 4.57 Å². The van der Waals surface area contributed by atoms with E-state index in [-0.39, 0.29) is 11.2 Å². The third-order valence-corrected chi connectivity index (χ3v) is 2.56. The Hall–Kier alpha value is -1.91. The number of rotatable bonds is 2. The highest BCUT2D eigenvalue weighted by atomic mass is 19.3. The van der Waals surface area contributed by atoms with Crippen LogP contribution < -0.4 is 10.2 Å². The summed E-state index contributed by atoms with van der Waals surface area (Å²) >= 11 is 0. The van der Waals surface area contributed by atoms with Crippen molar-refractivity contribution >= 4 is 10.9 Å². The van der Waals surface area contributed by atoms with Gasteiger partial charge in [0.05, 0.1) is 5.52 Å². The minimum atomic E-state index is -2.87. The number of benzene rings is 1. The van der Waals surface area contributed by atoms with Crippen LogP contribution >= 0.6 is 0 Å². The SMILES string of the molecule is Cc1cn(C)c2cc(OC(F)F)ccc2c1=O. The predicted octanol–water partition coefficient (Wildman–Crippen LogP) is 2.45. The Morgan fingerprint density at radius 1 is 1.35 bits per heavy atom. The number of pyridine rings is 1. The molecular weight excluding hydrogens is 228 g/mol. The van der Waals surface area contributed by atoms with Gasteiger partial charge >= 0.3 is 6.61 Å². The van der Waals surface area contributed by atoms with Gasteiger partial charge in [0, 0.05) is 30.3 Å². The van der Waals surface area contributed by atoms with Crippen LogP contribution in [0.2, 0.25) is 0 Å². The quantitative estimate of drug-likeness (QED) is 0.806. The van der Waals surface area contributed by atoms with Crippen LogP contribution in [-0.4, -0.2) is 11.2 Å². The van der Waals surface area contributed by atoms with Crippen LogP contribution in [-0.2, 0) is 7.05 Å². The van der Waals surface area contributed by atoms with E-state index in [1.165, 1.54) is 18.2 Å². The van der Waals surface area contributed by atoms with Gasteiger partial charge in [-0.1, -0.05) is 0 Å². The van der Waals surface area contributed by atoms with Gasteiger partial charge in [0.2, 0.25) is 0 Å². The molecule has 2 rings (SSSR count). The topological polar surface area (TPSA) is 31.2 Å².